The summed E-state index contributed by atoms with van der Waals surface area (Å²) in [5.74, 6) is 8.11. The van der Waals surface area contributed by atoms with Gasteiger partial charge in [0, 0.05) is 99.6 Å². The number of nitrogens with one attached hydrogen (secondary N) is 4. The lowest BCUT2D eigenvalue weighted by molar-refractivity contribution is -0.120. The molecule has 4 aromatic carbocycles. The number of benzene rings is 4. The zero-order valence-electron chi connectivity index (χ0n) is 77.6. The Bertz CT molecular complexity index is 4460. The van der Waals surface area contributed by atoms with Gasteiger partial charge < -0.3 is 40.2 Å². The number of aromatic nitrogens is 4. The highest BCUT2D eigenvalue weighted by Gasteiger charge is 2.23. The fourth-order valence-corrected chi connectivity index (χ4v) is 16.8. The summed E-state index contributed by atoms with van der Waals surface area (Å²) in [7, 11) is 13.0. The summed E-state index contributed by atoms with van der Waals surface area (Å²) in [4.78, 5) is 115. The Hall–Kier alpha value is -11.8. The van der Waals surface area contributed by atoms with Gasteiger partial charge in [-0.25, -0.2) is 19.9 Å². The van der Waals surface area contributed by atoms with Crippen molar-refractivity contribution in [2.45, 2.75) is 215 Å². The maximum atomic E-state index is 12.9. The van der Waals surface area contributed by atoms with Crippen LogP contribution < -0.4 is 40.2 Å². The SMILES string of the molecule is C.CNC(=O)Cc1cccc(CCC(=O)c2cc(/C=C/C3CCC(C)CC3)c(OC)cn2)c1.CNC(=O)Cc1cccc(CCC(=O)c2cc(/C=C/C3CCC(C)CC3)c(OC)cn2)c1.CNC(=O)Cc1cccc(CCC(=O)c2cnc(OC)c(/C=C/C3CCC(C)CC3)c2)c1.CNC(=O)Cc1cccc(CCC(=O)c2cnc(OC)c(/C=C/C3CCC(C)CC3)c2)c1. The van der Waals surface area contributed by atoms with Crippen LogP contribution in [0.5, 0.6) is 23.3 Å². The van der Waals surface area contributed by atoms with Gasteiger partial charge >= 0.3 is 0 Å². The monoisotopic (exact) mass is 1750 g/mol. The molecule has 4 aliphatic carbocycles. The Morgan fingerprint density at radius 1 is 0.310 bits per heavy atom. The van der Waals surface area contributed by atoms with Crippen molar-refractivity contribution in [2.75, 3.05) is 56.6 Å². The zero-order chi connectivity index (χ0) is 91.7. The Balaban J connectivity index is 0.000000212. The zero-order valence-corrected chi connectivity index (χ0v) is 77.6. The maximum absolute atomic E-state index is 12.9. The highest BCUT2D eigenvalue weighted by atomic mass is 16.5. The van der Waals surface area contributed by atoms with E-state index in [-0.39, 0.29) is 54.2 Å². The van der Waals surface area contributed by atoms with Crippen LogP contribution in [-0.4, -0.2) is 123 Å². The fraction of sp³-hybridized carbons (Fsp3) is 0.450. The smallest absolute Gasteiger partial charge is 0.224 e. The number of pyridine rings is 4. The van der Waals surface area contributed by atoms with E-state index in [9.17, 15) is 38.4 Å². The van der Waals surface area contributed by atoms with Gasteiger partial charge in [0.2, 0.25) is 35.4 Å². The minimum absolute atomic E-state index is 0. The first-order chi connectivity index (χ1) is 61.9. The van der Waals surface area contributed by atoms with Crippen LogP contribution in [0.15, 0.2) is 170 Å². The number of ether oxygens (including phenoxy) is 4. The molecule has 688 valence electrons. The molecule has 0 saturated heterocycles. The summed E-state index contributed by atoms with van der Waals surface area (Å²) in [5, 5.41) is 10.5. The predicted molar refractivity (Wildman–Crippen MR) is 518 cm³/mol. The number of Topliss-reactive ketones (excluding diaryl/α,β-unsaturated/α-hetero) is 4. The molecule has 8 aromatic rings. The molecule has 129 heavy (non-hydrogen) atoms. The van der Waals surface area contributed by atoms with Crippen LogP contribution in [0.25, 0.3) is 24.3 Å². The van der Waals surface area contributed by atoms with Gasteiger partial charge in [-0.3, -0.25) is 38.4 Å². The number of rotatable bonds is 36. The van der Waals surface area contributed by atoms with E-state index >= 15 is 0 Å². The fourth-order valence-electron chi connectivity index (χ4n) is 16.8. The summed E-state index contributed by atoms with van der Waals surface area (Å²) >= 11 is 0. The molecular weight excluding hydrogens is 1610 g/mol. The van der Waals surface area contributed by atoms with E-state index < -0.39 is 0 Å². The molecule has 0 bridgehead atoms. The first kappa shape index (κ1) is 103. The molecule has 4 N–H and O–H groups in total. The molecule has 20 heteroatoms. The number of likely N-dealkylation sites (N-methyl/N-ethyl adjacent to an activating group) is 4. The number of hydrogen-bond acceptors (Lipinski definition) is 16. The third kappa shape index (κ3) is 35.0. The molecule has 0 atom stereocenters. The Morgan fingerprint density at radius 2 is 0.558 bits per heavy atom. The van der Waals surface area contributed by atoms with E-state index in [1.54, 1.807) is 81.4 Å². The van der Waals surface area contributed by atoms with Crippen molar-refractivity contribution in [1.82, 2.24) is 41.2 Å². The maximum Gasteiger partial charge on any atom is 0.224 e. The molecule has 12 rings (SSSR count). The summed E-state index contributed by atoms with van der Waals surface area (Å²) in [6.45, 7) is 9.28. The largest absolute Gasteiger partial charge is 0.495 e. The van der Waals surface area contributed by atoms with Crippen molar-refractivity contribution in [1.29, 1.82) is 0 Å². The lowest BCUT2D eigenvalue weighted by Crippen LogP contribution is -2.19. The lowest BCUT2D eigenvalue weighted by Gasteiger charge is -2.23. The number of carbonyl (C=O) groups excluding carboxylic acids is 8. The minimum atomic E-state index is -0.0241. The summed E-state index contributed by atoms with van der Waals surface area (Å²) in [5.41, 5.74) is 13.6. The van der Waals surface area contributed by atoms with Crippen molar-refractivity contribution in [2.24, 2.45) is 47.3 Å². The molecule has 0 unspecified atom stereocenters. The Labute approximate surface area is 767 Å². The molecule has 0 spiro atoms. The van der Waals surface area contributed by atoms with Crippen LogP contribution in [0.4, 0.5) is 0 Å². The molecule has 0 aliphatic heterocycles. The van der Waals surface area contributed by atoms with Crippen molar-refractivity contribution in [3.63, 3.8) is 0 Å². The van der Waals surface area contributed by atoms with Crippen LogP contribution in [-0.2, 0) is 70.5 Å². The molecule has 4 aromatic heterocycles. The van der Waals surface area contributed by atoms with Crippen molar-refractivity contribution in [3.8, 4) is 23.3 Å². The van der Waals surface area contributed by atoms with Crippen molar-refractivity contribution >= 4 is 71.1 Å². The molecule has 20 nitrogen and oxygen atoms in total. The van der Waals surface area contributed by atoms with Gasteiger partial charge in [0.25, 0.3) is 0 Å². The summed E-state index contributed by atoms with van der Waals surface area (Å²) < 4.78 is 21.8. The van der Waals surface area contributed by atoms with Crippen LogP contribution in [0.1, 0.15) is 272 Å². The average molecular weight is 1750 g/mol. The van der Waals surface area contributed by atoms with Gasteiger partial charge in [0.05, 0.1) is 66.5 Å². The van der Waals surface area contributed by atoms with Gasteiger partial charge in [-0.05, 0) is 193 Å². The second kappa shape index (κ2) is 54.5. The number of hydrogen-bond donors (Lipinski definition) is 4. The normalized spacial score (nSPS) is 18.3. The second-order valence-corrected chi connectivity index (χ2v) is 35.2. The number of aryl methyl sites for hydroxylation is 4. The molecule has 4 amide bonds. The predicted octanol–water partition coefficient (Wildman–Crippen LogP) is 20.8. The lowest BCUT2D eigenvalue weighted by atomic mass is 9.83. The van der Waals surface area contributed by atoms with E-state index in [1.807, 2.05) is 121 Å². The van der Waals surface area contributed by atoms with Crippen LogP contribution in [0, 0.1) is 47.3 Å². The molecule has 4 fully saturated rings. The first-order valence-electron chi connectivity index (χ1n) is 46.1. The number of nitrogens with zero attached hydrogens (tertiary/aromatic N) is 4. The van der Waals surface area contributed by atoms with Gasteiger partial charge in [0.15, 0.2) is 23.1 Å². The second-order valence-electron chi connectivity index (χ2n) is 35.2. The number of carbonyl (C=O) groups is 8. The van der Waals surface area contributed by atoms with E-state index in [0.717, 1.165) is 90.4 Å². The minimum Gasteiger partial charge on any atom is -0.495 e. The number of ketones is 4. The number of methoxy groups -OCH3 is 4. The van der Waals surface area contributed by atoms with E-state index in [1.165, 1.54) is 103 Å². The molecule has 4 aliphatic rings. The van der Waals surface area contributed by atoms with Gasteiger partial charge in [-0.2, -0.15) is 0 Å². The third-order valence-corrected chi connectivity index (χ3v) is 25.1. The number of amides is 4. The van der Waals surface area contributed by atoms with Gasteiger partial charge in [0.1, 0.15) is 22.9 Å². The summed E-state index contributed by atoms with van der Waals surface area (Å²) in [6.07, 6.45) is 49.0. The standard InChI is InChI=1S/4C27H34N2O3.CH4/c2*1-19-7-9-20(10-8-19)11-13-23-17-24(29-18-26(23)32-3)25(30)14-12-21-5-4-6-22(15-21)16-27(31)28-2;2*1-19-7-9-20(10-8-19)11-13-23-17-24(18-29-27(23)32-3)25(30)14-12-21-5-4-6-22(15-21)16-26(31)28-2;/h4*4-6,11,13,15,17-20H,7-10,12,14,16H2,1-3H3,(H,28,31);1H4/b4*13-11+;. The van der Waals surface area contributed by atoms with Crippen LogP contribution in [0.3, 0.4) is 0 Å². The average Bonchev–Trinajstić information content (AvgIpc) is 0.849. The Morgan fingerprint density at radius 3 is 0.806 bits per heavy atom. The molecule has 4 heterocycles. The van der Waals surface area contributed by atoms with E-state index in [4.69, 9.17) is 18.9 Å². The Kier molecular flexibility index (Phi) is 43.3. The van der Waals surface area contributed by atoms with Crippen molar-refractivity contribution in [3.05, 3.63) is 260 Å². The van der Waals surface area contributed by atoms with Crippen molar-refractivity contribution < 1.29 is 57.3 Å². The highest BCUT2D eigenvalue weighted by Crippen LogP contribution is 2.36. The van der Waals surface area contributed by atoms with Crippen LogP contribution >= 0.6 is 0 Å². The van der Waals surface area contributed by atoms with Gasteiger partial charge in [-0.15, -0.1) is 0 Å². The highest BCUT2D eigenvalue weighted by molar-refractivity contribution is 5.98. The van der Waals surface area contributed by atoms with Crippen LogP contribution in [0.2, 0.25) is 0 Å². The first-order valence-corrected chi connectivity index (χ1v) is 46.1. The summed E-state index contributed by atoms with van der Waals surface area (Å²) in [6, 6.07) is 38.8. The van der Waals surface area contributed by atoms with Gasteiger partial charge in [-0.1, -0.05) is 232 Å². The molecule has 4 saturated carbocycles. The number of allylic oxidation sites excluding steroid dienone is 4. The van der Waals surface area contributed by atoms with E-state index in [2.05, 4.69) is 118 Å². The topological polar surface area (TPSA) is 273 Å². The molecular formula is C109H140N8O12. The quantitative estimate of drug-likeness (QED) is 0.0266. The molecule has 0 radical (unpaired) electrons. The third-order valence-electron chi connectivity index (χ3n) is 25.1. The van der Waals surface area contributed by atoms with E-state index in [0.29, 0.717) is 146 Å².